The van der Waals surface area contributed by atoms with Gasteiger partial charge in [-0.3, -0.25) is 4.18 Å². The van der Waals surface area contributed by atoms with Crippen LogP contribution in [-0.2, 0) is 14.3 Å². The fraction of sp³-hybridized carbons (Fsp3) is 1.00. The van der Waals surface area contributed by atoms with E-state index >= 15 is 0 Å². The second-order valence-electron chi connectivity index (χ2n) is 6.22. The third-order valence-electron chi connectivity index (χ3n) is 4.07. The van der Waals surface area contributed by atoms with Crippen molar-refractivity contribution >= 4 is 21.7 Å². The third-order valence-corrected chi connectivity index (χ3v) is 5.49. The van der Waals surface area contributed by atoms with Gasteiger partial charge in [-0.05, 0) is 37.0 Å². The maximum atomic E-state index is 11.3. The van der Waals surface area contributed by atoms with Gasteiger partial charge in [-0.1, -0.05) is 13.8 Å². The average molecular weight is 267 g/mol. The average Bonchev–Trinajstić information content (AvgIpc) is 2.36. The van der Waals surface area contributed by atoms with Crippen molar-refractivity contribution in [2.24, 2.45) is 17.3 Å². The molecule has 0 aromatic carbocycles. The second kappa shape index (κ2) is 3.36. The molecule has 2 aliphatic rings. The van der Waals surface area contributed by atoms with Crippen molar-refractivity contribution in [3.8, 4) is 0 Å². The van der Waals surface area contributed by atoms with Gasteiger partial charge in [0.2, 0.25) is 0 Å². The summed E-state index contributed by atoms with van der Waals surface area (Å²) < 4.78 is 27.7. The second-order valence-corrected chi connectivity index (χ2v) is 8.26. The number of halogens is 1. The number of fused-ring (bicyclic) bond motifs is 1. The van der Waals surface area contributed by atoms with E-state index in [0.29, 0.717) is 5.92 Å². The van der Waals surface area contributed by atoms with Gasteiger partial charge in [0.05, 0.1) is 11.6 Å². The summed E-state index contributed by atoms with van der Waals surface area (Å²) in [7, 11) is -3.44. The van der Waals surface area contributed by atoms with Crippen LogP contribution in [0.15, 0.2) is 0 Å². The SMILES string of the molecule is CC1(C)C[C@H]2C(Cl)[C@@](C)(OS(C)(=O)=O)[C@H]2C1. The van der Waals surface area contributed by atoms with Crippen LogP contribution >= 0.6 is 11.6 Å². The summed E-state index contributed by atoms with van der Waals surface area (Å²) in [5.41, 5.74) is -0.450. The van der Waals surface area contributed by atoms with Gasteiger partial charge in [0, 0.05) is 0 Å². The Labute approximate surface area is 103 Å². The molecule has 0 N–H and O–H groups in total. The molecule has 1 unspecified atom stereocenters. The summed E-state index contributed by atoms with van der Waals surface area (Å²) in [5, 5.41) is -0.186. The van der Waals surface area contributed by atoms with Crippen LogP contribution < -0.4 is 0 Å². The zero-order valence-corrected chi connectivity index (χ0v) is 11.7. The molecule has 5 heteroatoms. The Kier molecular flexibility index (Phi) is 2.66. The standard InChI is InChI=1S/C11H19ClO3S/c1-10(2)5-7-8(6-10)11(3,9(7)12)15-16(4,13)14/h7-9H,5-6H2,1-4H3/t7-,8+,9?,11+/m1/s1. The van der Waals surface area contributed by atoms with Crippen LogP contribution in [0, 0.1) is 17.3 Å². The first-order chi connectivity index (χ1) is 7.05. The lowest BCUT2D eigenvalue weighted by Crippen LogP contribution is -2.62. The van der Waals surface area contributed by atoms with Crippen LogP contribution in [0.2, 0.25) is 0 Å². The quantitative estimate of drug-likeness (QED) is 0.569. The summed E-state index contributed by atoms with van der Waals surface area (Å²) in [6, 6.07) is 0. The predicted octanol–water partition coefficient (Wildman–Crippen LogP) is 2.39. The molecular weight excluding hydrogens is 248 g/mol. The molecule has 0 aliphatic heterocycles. The Hall–Kier alpha value is 0.200. The molecule has 16 heavy (non-hydrogen) atoms. The van der Waals surface area contributed by atoms with Crippen molar-refractivity contribution < 1.29 is 12.6 Å². The molecule has 0 heterocycles. The van der Waals surface area contributed by atoms with Crippen molar-refractivity contribution in [2.75, 3.05) is 6.26 Å². The largest absolute Gasteiger partial charge is 0.264 e. The zero-order valence-electron chi connectivity index (χ0n) is 10.2. The molecule has 2 fully saturated rings. The van der Waals surface area contributed by atoms with E-state index in [2.05, 4.69) is 13.8 Å². The highest BCUT2D eigenvalue weighted by Gasteiger charge is 2.65. The minimum absolute atomic E-state index is 0.186. The van der Waals surface area contributed by atoms with Gasteiger partial charge in [-0.25, -0.2) is 0 Å². The topological polar surface area (TPSA) is 43.4 Å². The van der Waals surface area contributed by atoms with E-state index in [1.165, 1.54) is 0 Å². The molecule has 2 aliphatic carbocycles. The summed E-state index contributed by atoms with van der Waals surface area (Å²) in [6.45, 7) is 6.24. The van der Waals surface area contributed by atoms with Crippen LogP contribution in [0.5, 0.6) is 0 Å². The van der Waals surface area contributed by atoms with Gasteiger partial charge in [0.15, 0.2) is 0 Å². The molecule has 3 nitrogen and oxygen atoms in total. The maximum absolute atomic E-state index is 11.3. The molecule has 4 atom stereocenters. The zero-order chi connectivity index (χ0) is 12.4. The molecule has 0 saturated heterocycles. The molecule has 0 bridgehead atoms. The fourth-order valence-corrected chi connectivity index (χ4v) is 4.89. The van der Waals surface area contributed by atoms with Crippen molar-refractivity contribution in [1.82, 2.24) is 0 Å². The summed E-state index contributed by atoms with van der Waals surface area (Å²) in [5.74, 6) is 0.683. The highest BCUT2D eigenvalue weighted by Crippen LogP contribution is 2.63. The first kappa shape index (κ1) is 12.7. The van der Waals surface area contributed by atoms with E-state index in [0.717, 1.165) is 19.1 Å². The molecule has 0 radical (unpaired) electrons. The molecule has 0 spiro atoms. The Balaban J connectivity index is 2.20. The first-order valence-corrected chi connectivity index (χ1v) is 7.85. The minimum Gasteiger partial charge on any atom is -0.262 e. The van der Waals surface area contributed by atoms with Crippen LogP contribution in [0.25, 0.3) is 0 Å². The number of hydrogen-bond donors (Lipinski definition) is 0. The summed E-state index contributed by atoms with van der Waals surface area (Å²) >= 11 is 6.30. The molecule has 94 valence electrons. The van der Waals surface area contributed by atoms with E-state index in [9.17, 15) is 8.42 Å². The molecule has 2 rings (SSSR count). The van der Waals surface area contributed by atoms with Crippen molar-refractivity contribution in [1.29, 1.82) is 0 Å². The third kappa shape index (κ3) is 1.89. The molecular formula is C11H19ClO3S. The van der Waals surface area contributed by atoms with Crippen molar-refractivity contribution in [3.63, 3.8) is 0 Å². The Morgan fingerprint density at radius 2 is 1.81 bits per heavy atom. The predicted molar refractivity (Wildman–Crippen MR) is 64.0 cm³/mol. The lowest BCUT2D eigenvalue weighted by atomic mass is 9.63. The summed E-state index contributed by atoms with van der Waals surface area (Å²) in [6.07, 6.45) is 3.15. The van der Waals surface area contributed by atoms with E-state index in [1.54, 1.807) is 0 Å². The van der Waals surface area contributed by atoms with Crippen LogP contribution in [0.1, 0.15) is 33.6 Å². The van der Waals surface area contributed by atoms with Gasteiger partial charge in [0.25, 0.3) is 10.1 Å². The van der Waals surface area contributed by atoms with Crippen LogP contribution in [0.3, 0.4) is 0 Å². The lowest BCUT2D eigenvalue weighted by Gasteiger charge is -2.53. The smallest absolute Gasteiger partial charge is 0.262 e. The minimum atomic E-state index is -3.44. The Morgan fingerprint density at radius 3 is 2.31 bits per heavy atom. The highest BCUT2D eigenvalue weighted by atomic mass is 35.5. The van der Waals surface area contributed by atoms with Crippen LogP contribution in [0.4, 0.5) is 0 Å². The normalized spacial score (nSPS) is 46.2. The van der Waals surface area contributed by atoms with E-state index in [-0.39, 0.29) is 16.7 Å². The molecule has 0 aromatic heterocycles. The van der Waals surface area contributed by atoms with Crippen LogP contribution in [-0.4, -0.2) is 25.7 Å². The van der Waals surface area contributed by atoms with E-state index in [1.807, 2.05) is 6.92 Å². The van der Waals surface area contributed by atoms with Gasteiger partial charge in [-0.15, -0.1) is 11.6 Å². The number of hydrogen-bond acceptors (Lipinski definition) is 3. The van der Waals surface area contributed by atoms with E-state index in [4.69, 9.17) is 15.8 Å². The van der Waals surface area contributed by atoms with Gasteiger partial charge in [-0.2, -0.15) is 8.42 Å². The van der Waals surface area contributed by atoms with Gasteiger partial charge < -0.3 is 0 Å². The van der Waals surface area contributed by atoms with Gasteiger partial charge in [0.1, 0.15) is 5.60 Å². The van der Waals surface area contributed by atoms with E-state index < -0.39 is 15.7 Å². The molecule has 0 amide bonds. The maximum Gasteiger partial charge on any atom is 0.264 e. The first-order valence-electron chi connectivity index (χ1n) is 5.60. The molecule has 2 saturated carbocycles. The number of rotatable bonds is 2. The lowest BCUT2D eigenvalue weighted by molar-refractivity contribution is -0.0772. The Bertz CT molecular complexity index is 403. The van der Waals surface area contributed by atoms with Crippen molar-refractivity contribution in [2.45, 2.75) is 44.6 Å². The highest BCUT2D eigenvalue weighted by molar-refractivity contribution is 7.86. The fourth-order valence-electron chi connectivity index (χ4n) is 3.49. The molecule has 0 aromatic rings. The number of alkyl halides is 1. The monoisotopic (exact) mass is 266 g/mol. The van der Waals surface area contributed by atoms with Gasteiger partial charge >= 0.3 is 0 Å². The summed E-state index contributed by atoms with van der Waals surface area (Å²) in [4.78, 5) is 0. The van der Waals surface area contributed by atoms with Crippen molar-refractivity contribution in [3.05, 3.63) is 0 Å². The Morgan fingerprint density at radius 1 is 1.25 bits per heavy atom.